The van der Waals surface area contributed by atoms with Crippen LogP contribution < -0.4 is 5.32 Å². The highest BCUT2D eigenvalue weighted by Gasteiger charge is 2.42. The van der Waals surface area contributed by atoms with Gasteiger partial charge in [-0.3, -0.25) is 0 Å². The van der Waals surface area contributed by atoms with E-state index in [1.54, 1.807) is 0 Å². The molecule has 2 rings (SSSR count). The van der Waals surface area contributed by atoms with Gasteiger partial charge in [-0.05, 0) is 59.8 Å². The van der Waals surface area contributed by atoms with Crippen molar-refractivity contribution in [2.45, 2.75) is 77.5 Å². The first-order valence-corrected chi connectivity index (χ1v) is 8.60. The SMILES string of the molecule is CC(NCC1(CO)CC1)C1CCCCN1C(=O)OC(C)(C)C. The Labute approximate surface area is 134 Å². The van der Waals surface area contributed by atoms with Gasteiger partial charge in [0.25, 0.3) is 0 Å². The number of hydrogen-bond donors (Lipinski definition) is 2. The van der Waals surface area contributed by atoms with Crippen molar-refractivity contribution in [2.24, 2.45) is 5.41 Å². The molecule has 5 heteroatoms. The zero-order chi connectivity index (χ0) is 16.4. The quantitative estimate of drug-likeness (QED) is 0.819. The molecule has 0 aromatic heterocycles. The number of carbonyl (C=O) groups is 1. The molecule has 1 aliphatic carbocycles. The third-order valence-electron chi connectivity index (χ3n) is 4.85. The van der Waals surface area contributed by atoms with E-state index in [1.807, 2.05) is 25.7 Å². The Morgan fingerprint density at radius 2 is 2.09 bits per heavy atom. The number of rotatable bonds is 5. The predicted octanol–water partition coefficient (Wildman–Crippen LogP) is 2.53. The van der Waals surface area contributed by atoms with Crippen molar-refractivity contribution in [2.75, 3.05) is 19.7 Å². The third kappa shape index (κ3) is 4.59. The minimum absolute atomic E-state index is 0.0969. The highest BCUT2D eigenvalue weighted by Crippen LogP contribution is 2.44. The maximum absolute atomic E-state index is 12.4. The number of carbonyl (C=O) groups excluding carboxylic acids is 1. The molecule has 0 aromatic rings. The van der Waals surface area contributed by atoms with E-state index >= 15 is 0 Å². The van der Waals surface area contributed by atoms with Gasteiger partial charge >= 0.3 is 6.09 Å². The molecule has 1 amide bonds. The molecule has 1 saturated carbocycles. The van der Waals surface area contributed by atoms with Crippen LogP contribution >= 0.6 is 0 Å². The van der Waals surface area contributed by atoms with Crippen LogP contribution in [0.1, 0.15) is 59.8 Å². The van der Waals surface area contributed by atoms with Gasteiger partial charge in [0, 0.05) is 31.2 Å². The molecule has 22 heavy (non-hydrogen) atoms. The summed E-state index contributed by atoms with van der Waals surface area (Å²) in [5.74, 6) is 0. The van der Waals surface area contributed by atoms with Crippen molar-refractivity contribution >= 4 is 6.09 Å². The molecular formula is C17H32N2O3. The van der Waals surface area contributed by atoms with Gasteiger partial charge in [-0.15, -0.1) is 0 Å². The van der Waals surface area contributed by atoms with Crippen LogP contribution in [0.15, 0.2) is 0 Å². The van der Waals surface area contributed by atoms with Crippen molar-refractivity contribution in [3.05, 3.63) is 0 Å². The molecule has 1 heterocycles. The highest BCUT2D eigenvalue weighted by molar-refractivity contribution is 5.68. The summed E-state index contributed by atoms with van der Waals surface area (Å²) in [4.78, 5) is 14.3. The molecule has 5 nitrogen and oxygen atoms in total. The van der Waals surface area contributed by atoms with Crippen LogP contribution in [0.2, 0.25) is 0 Å². The fourth-order valence-electron chi connectivity index (χ4n) is 3.11. The van der Waals surface area contributed by atoms with Crippen molar-refractivity contribution in [1.82, 2.24) is 10.2 Å². The summed E-state index contributed by atoms with van der Waals surface area (Å²) in [7, 11) is 0. The van der Waals surface area contributed by atoms with E-state index in [1.165, 1.54) is 0 Å². The van der Waals surface area contributed by atoms with Gasteiger partial charge in [-0.25, -0.2) is 4.79 Å². The first-order valence-electron chi connectivity index (χ1n) is 8.60. The molecule has 0 bridgehead atoms. The van der Waals surface area contributed by atoms with Gasteiger partial charge in [0.1, 0.15) is 5.60 Å². The molecule has 0 radical (unpaired) electrons. The Kier molecular flexibility index (Phi) is 5.38. The molecule has 2 fully saturated rings. The Morgan fingerprint density at radius 1 is 1.41 bits per heavy atom. The Balaban J connectivity index is 1.92. The van der Waals surface area contributed by atoms with Crippen LogP contribution in [-0.2, 0) is 4.74 Å². The van der Waals surface area contributed by atoms with Crippen molar-refractivity contribution < 1.29 is 14.6 Å². The molecule has 2 N–H and O–H groups in total. The molecule has 0 aromatic carbocycles. The summed E-state index contributed by atoms with van der Waals surface area (Å²) in [5.41, 5.74) is -0.357. The lowest BCUT2D eigenvalue weighted by atomic mass is 9.96. The summed E-state index contributed by atoms with van der Waals surface area (Å²) in [6.45, 7) is 9.73. The lowest BCUT2D eigenvalue weighted by molar-refractivity contribution is 0.00522. The van der Waals surface area contributed by atoms with Gasteiger partial charge in [0.05, 0.1) is 6.04 Å². The maximum atomic E-state index is 12.4. The fraction of sp³-hybridized carbons (Fsp3) is 0.941. The number of likely N-dealkylation sites (tertiary alicyclic amines) is 1. The van der Waals surface area contributed by atoms with E-state index in [9.17, 15) is 9.90 Å². The van der Waals surface area contributed by atoms with Crippen LogP contribution in [-0.4, -0.2) is 53.5 Å². The standard InChI is InChI=1S/C17H32N2O3/c1-13(18-11-17(12-20)8-9-17)14-7-5-6-10-19(14)15(21)22-16(2,3)4/h13-14,18,20H,5-12H2,1-4H3. The van der Waals surface area contributed by atoms with Crippen molar-refractivity contribution in [3.8, 4) is 0 Å². The number of aliphatic hydroxyl groups excluding tert-OH is 1. The lowest BCUT2D eigenvalue weighted by Gasteiger charge is -2.40. The molecular weight excluding hydrogens is 280 g/mol. The second-order valence-corrected chi connectivity index (χ2v) is 8.06. The number of hydrogen-bond acceptors (Lipinski definition) is 4. The van der Waals surface area contributed by atoms with Gasteiger partial charge in [-0.2, -0.15) is 0 Å². The summed E-state index contributed by atoms with van der Waals surface area (Å²) in [6.07, 6.45) is 5.21. The molecule has 1 saturated heterocycles. The summed E-state index contributed by atoms with van der Waals surface area (Å²) < 4.78 is 5.56. The van der Waals surface area contributed by atoms with E-state index in [2.05, 4.69) is 12.2 Å². The highest BCUT2D eigenvalue weighted by atomic mass is 16.6. The maximum Gasteiger partial charge on any atom is 0.410 e. The van der Waals surface area contributed by atoms with Crippen LogP contribution in [0, 0.1) is 5.41 Å². The molecule has 2 unspecified atom stereocenters. The van der Waals surface area contributed by atoms with Crippen LogP contribution in [0.5, 0.6) is 0 Å². The normalized spacial score (nSPS) is 25.7. The zero-order valence-corrected chi connectivity index (χ0v) is 14.5. The van der Waals surface area contributed by atoms with Gasteiger partial charge in [-0.1, -0.05) is 0 Å². The van der Waals surface area contributed by atoms with Crippen LogP contribution in [0.3, 0.4) is 0 Å². The molecule has 128 valence electrons. The summed E-state index contributed by atoms with van der Waals surface area (Å²) in [5, 5.41) is 13.0. The lowest BCUT2D eigenvalue weighted by Crippen LogP contribution is -2.55. The third-order valence-corrected chi connectivity index (χ3v) is 4.85. The van der Waals surface area contributed by atoms with Gasteiger partial charge < -0.3 is 20.1 Å². The number of nitrogens with zero attached hydrogens (tertiary/aromatic N) is 1. The van der Waals surface area contributed by atoms with E-state index in [0.717, 1.165) is 45.2 Å². The molecule has 2 atom stereocenters. The summed E-state index contributed by atoms with van der Waals surface area (Å²) >= 11 is 0. The number of ether oxygens (including phenoxy) is 1. The predicted molar refractivity (Wildman–Crippen MR) is 86.8 cm³/mol. The molecule has 0 spiro atoms. The number of nitrogens with one attached hydrogen (secondary N) is 1. The second kappa shape index (κ2) is 6.75. The van der Waals surface area contributed by atoms with E-state index < -0.39 is 5.60 Å². The second-order valence-electron chi connectivity index (χ2n) is 8.06. The molecule has 1 aliphatic heterocycles. The average Bonchev–Trinajstić information content (AvgIpc) is 3.23. The van der Waals surface area contributed by atoms with Crippen molar-refractivity contribution in [1.29, 1.82) is 0 Å². The smallest absolute Gasteiger partial charge is 0.410 e. The van der Waals surface area contributed by atoms with E-state index in [4.69, 9.17) is 4.74 Å². The van der Waals surface area contributed by atoms with E-state index in [-0.39, 0.29) is 30.2 Å². The minimum atomic E-state index is -0.454. The number of amides is 1. The monoisotopic (exact) mass is 312 g/mol. The fourth-order valence-corrected chi connectivity index (χ4v) is 3.11. The Hall–Kier alpha value is -0.810. The van der Waals surface area contributed by atoms with Crippen molar-refractivity contribution in [3.63, 3.8) is 0 Å². The van der Waals surface area contributed by atoms with Crippen LogP contribution in [0.4, 0.5) is 4.79 Å². The Morgan fingerprint density at radius 3 is 2.64 bits per heavy atom. The van der Waals surface area contributed by atoms with E-state index in [0.29, 0.717) is 0 Å². The Bertz CT molecular complexity index is 388. The zero-order valence-electron chi connectivity index (χ0n) is 14.5. The largest absolute Gasteiger partial charge is 0.444 e. The first kappa shape index (κ1) is 17.5. The topological polar surface area (TPSA) is 61.8 Å². The number of piperidine rings is 1. The van der Waals surface area contributed by atoms with Gasteiger partial charge in [0.15, 0.2) is 0 Å². The first-order chi connectivity index (χ1) is 10.3. The van der Waals surface area contributed by atoms with Gasteiger partial charge in [0.2, 0.25) is 0 Å². The average molecular weight is 312 g/mol. The minimum Gasteiger partial charge on any atom is -0.444 e. The summed E-state index contributed by atoms with van der Waals surface area (Å²) in [6, 6.07) is 0.398. The molecule has 2 aliphatic rings. The number of aliphatic hydroxyl groups is 1. The van der Waals surface area contributed by atoms with Crippen LogP contribution in [0.25, 0.3) is 0 Å².